The van der Waals surface area contributed by atoms with E-state index in [1.165, 1.54) is 7.11 Å². The third-order valence-corrected chi connectivity index (χ3v) is 4.93. The monoisotopic (exact) mass is 346 g/mol. The molecule has 0 bridgehead atoms. The van der Waals surface area contributed by atoms with Gasteiger partial charge < -0.3 is 4.74 Å². The van der Waals surface area contributed by atoms with Crippen LogP contribution in [0.1, 0.15) is 10.4 Å². The van der Waals surface area contributed by atoms with Crippen LogP contribution in [-0.2, 0) is 4.74 Å². The van der Waals surface area contributed by atoms with Crippen LogP contribution in [0.5, 0.6) is 0 Å². The van der Waals surface area contributed by atoms with E-state index in [4.69, 9.17) is 4.74 Å². The maximum atomic E-state index is 11.5. The van der Waals surface area contributed by atoms with Gasteiger partial charge in [-0.15, -0.1) is 11.3 Å². The first-order valence-corrected chi connectivity index (χ1v) is 8.57. The lowest BCUT2D eigenvalue weighted by molar-refractivity contribution is 0.0601. The summed E-state index contributed by atoms with van der Waals surface area (Å²) in [4.78, 5) is 21.9. The minimum atomic E-state index is -0.350. The van der Waals surface area contributed by atoms with Crippen molar-refractivity contribution in [3.8, 4) is 10.6 Å². The lowest BCUT2D eigenvalue weighted by Crippen LogP contribution is -2.02. The maximum Gasteiger partial charge on any atom is 0.337 e. The number of esters is 1. The summed E-state index contributed by atoms with van der Waals surface area (Å²) in [6.07, 6.45) is 0. The Labute approximate surface area is 148 Å². The van der Waals surface area contributed by atoms with Crippen LogP contribution in [0, 0.1) is 0 Å². The molecule has 25 heavy (non-hydrogen) atoms. The van der Waals surface area contributed by atoms with Gasteiger partial charge in [0.15, 0.2) is 0 Å². The van der Waals surface area contributed by atoms with Gasteiger partial charge in [-0.05, 0) is 54.6 Å². The third kappa shape index (κ3) is 3.14. The summed E-state index contributed by atoms with van der Waals surface area (Å²) in [5.41, 5.74) is 3.26. The molecule has 0 atom stereocenters. The molecule has 5 heteroatoms. The standard InChI is InChI=1S/C20H14N2O2S/c1-24-20(23)13-6-8-14(9-7-13)21-15-10-11-17-19(12-15)25-18-5-3-2-4-16(18)22-17/h2-12H,1H3. The molecule has 0 saturated carbocycles. The molecule has 4 nitrogen and oxygen atoms in total. The van der Waals surface area contributed by atoms with E-state index in [-0.39, 0.29) is 5.97 Å². The number of aromatic nitrogens is 1. The molecule has 4 rings (SSSR count). The highest BCUT2D eigenvalue weighted by molar-refractivity contribution is 7.21. The molecule has 122 valence electrons. The summed E-state index contributed by atoms with van der Waals surface area (Å²) < 4.78 is 5.85. The van der Waals surface area contributed by atoms with Crippen molar-refractivity contribution in [2.24, 2.45) is 4.99 Å². The average Bonchev–Trinajstić information content (AvgIpc) is 2.66. The molecule has 1 aliphatic carbocycles. The summed E-state index contributed by atoms with van der Waals surface area (Å²) >= 11 is 1.70. The molecule has 0 spiro atoms. The van der Waals surface area contributed by atoms with Crippen LogP contribution in [0.3, 0.4) is 0 Å². The van der Waals surface area contributed by atoms with Gasteiger partial charge in [0.2, 0.25) is 0 Å². The number of methoxy groups -OCH3 is 1. The maximum absolute atomic E-state index is 11.5. The van der Waals surface area contributed by atoms with Gasteiger partial charge in [-0.25, -0.2) is 14.8 Å². The van der Waals surface area contributed by atoms with Crippen LogP contribution in [0.15, 0.2) is 71.7 Å². The zero-order chi connectivity index (χ0) is 17.2. The van der Waals surface area contributed by atoms with Gasteiger partial charge >= 0.3 is 5.97 Å². The molecule has 2 aliphatic rings. The Morgan fingerprint density at radius 2 is 1.84 bits per heavy atom. The van der Waals surface area contributed by atoms with Gasteiger partial charge in [0.1, 0.15) is 0 Å². The molecule has 2 aromatic rings. The number of ether oxygens (including phenoxy) is 1. The number of hydrogen-bond acceptors (Lipinski definition) is 5. The molecule has 1 heterocycles. The van der Waals surface area contributed by atoms with E-state index in [9.17, 15) is 4.79 Å². The highest BCUT2D eigenvalue weighted by Crippen LogP contribution is 2.29. The van der Waals surface area contributed by atoms with Gasteiger partial charge in [-0.1, -0.05) is 12.1 Å². The van der Waals surface area contributed by atoms with Gasteiger partial charge in [0, 0.05) is 0 Å². The fraction of sp³-hybridized carbons (Fsp3) is 0.0500. The molecular formula is C20H14N2O2S. The summed E-state index contributed by atoms with van der Waals surface area (Å²) in [7, 11) is 1.37. The molecule has 0 radical (unpaired) electrons. The van der Waals surface area contributed by atoms with E-state index in [0.29, 0.717) is 5.56 Å². The largest absolute Gasteiger partial charge is 0.465 e. The van der Waals surface area contributed by atoms with E-state index in [1.54, 1.807) is 35.6 Å². The molecule has 1 aliphatic heterocycles. The zero-order valence-corrected chi connectivity index (χ0v) is 14.3. The SMILES string of the molecule is COC(=O)c1ccc(N=c2ccc3nc4ccccc4sc-3c2)cc1. The normalized spacial score (nSPS) is 11.8. The first-order chi connectivity index (χ1) is 12.2. The zero-order valence-electron chi connectivity index (χ0n) is 13.5. The number of para-hydroxylation sites is 1. The lowest BCUT2D eigenvalue weighted by Gasteiger charge is -2.05. The molecule has 2 aromatic carbocycles. The third-order valence-electron chi connectivity index (χ3n) is 3.82. The van der Waals surface area contributed by atoms with Crippen molar-refractivity contribution in [1.82, 2.24) is 4.98 Å². The first-order valence-electron chi connectivity index (χ1n) is 7.76. The van der Waals surface area contributed by atoms with Crippen molar-refractivity contribution >= 4 is 33.2 Å². The van der Waals surface area contributed by atoms with Crippen LogP contribution in [0.4, 0.5) is 5.69 Å². The minimum absolute atomic E-state index is 0.350. The van der Waals surface area contributed by atoms with Crippen molar-refractivity contribution in [3.63, 3.8) is 0 Å². The number of fused-ring (bicyclic) bond motifs is 2. The topological polar surface area (TPSA) is 51.5 Å². The van der Waals surface area contributed by atoms with Gasteiger partial charge in [0.05, 0.1) is 44.5 Å². The van der Waals surface area contributed by atoms with Gasteiger partial charge in [-0.3, -0.25) is 0 Å². The summed E-state index contributed by atoms with van der Waals surface area (Å²) in [6.45, 7) is 0. The Kier molecular flexibility index (Phi) is 3.99. The van der Waals surface area contributed by atoms with Crippen LogP contribution in [0.2, 0.25) is 0 Å². The predicted octanol–water partition coefficient (Wildman–Crippen LogP) is 4.42. The van der Waals surface area contributed by atoms with Crippen LogP contribution < -0.4 is 5.36 Å². The Balaban J connectivity index is 1.76. The number of rotatable bonds is 2. The number of carbonyl (C=O) groups excluding carboxylic acids is 1. The Bertz CT molecular complexity index is 1100. The van der Waals surface area contributed by atoms with Crippen molar-refractivity contribution in [2.45, 2.75) is 0 Å². The van der Waals surface area contributed by atoms with E-state index in [2.05, 4.69) is 16.0 Å². The summed E-state index contributed by atoms with van der Waals surface area (Å²) in [5, 5.41) is 0.853. The van der Waals surface area contributed by atoms with Gasteiger partial charge in [-0.2, -0.15) is 0 Å². The highest BCUT2D eigenvalue weighted by Gasteiger charge is 2.07. The number of nitrogens with zero attached hydrogens (tertiary/aromatic N) is 2. The highest BCUT2D eigenvalue weighted by atomic mass is 32.1. The summed E-state index contributed by atoms with van der Waals surface area (Å²) in [6, 6.07) is 21.1. The molecule has 0 amide bonds. The Hall–Kier alpha value is -3.05. The summed E-state index contributed by atoms with van der Waals surface area (Å²) in [5.74, 6) is -0.350. The van der Waals surface area contributed by atoms with E-state index in [0.717, 1.165) is 31.8 Å². The predicted molar refractivity (Wildman–Crippen MR) is 99.2 cm³/mol. The number of carbonyl (C=O) groups is 1. The smallest absolute Gasteiger partial charge is 0.337 e. The Morgan fingerprint density at radius 1 is 1.04 bits per heavy atom. The average molecular weight is 346 g/mol. The molecule has 0 unspecified atom stereocenters. The van der Waals surface area contributed by atoms with Crippen LogP contribution in [0.25, 0.3) is 20.8 Å². The van der Waals surface area contributed by atoms with Crippen molar-refractivity contribution in [1.29, 1.82) is 0 Å². The van der Waals surface area contributed by atoms with Crippen molar-refractivity contribution in [2.75, 3.05) is 7.11 Å². The van der Waals surface area contributed by atoms with Crippen molar-refractivity contribution < 1.29 is 9.53 Å². The van der Waals surface area contributed by atoms with Gasteiger partial charge in [0.25, 0.3) is 0 Å². The lowest BCUT2D eigenvalue weighted by atomic mass is 10.2. The molecule has 0 aromatic heterocycles. The Morgan fingerprint density at radius 3 is 2.64 bits per heavy atom. The van der Waals surface area contributed by atoms with Crippen molar-refractivity contribution in [3.05, 3.63) is 77.7 Å². The second-order valence-corrected chi connectivity index (χ2v) is 6.57. The van der Waals surface area contributed by atoms with E-state index in [1.807, 2.05) is 36.4 Å². The molecular weight excluding hydrogens is 332 g/mol. The second kappa shape index (κ2) is 6.45. The molecule has 0 saturated heterocycles. The first kappa shape index (κ1) is 15.5. The number of benzene rings is 3. The minimum Gasteiger partial charge on any atom is -0.465 e. The number of hydrogen-bond donors (Lipinski definition) is 0. The van der Waals surface area contributed by atoms with Crippen LogP contribution in [-0.4, -0.2) is 18.1 Å². The molecule has 0 N–H and O–H groups in total. The quantitative estimate of drug-likeness (QED) is 0.399. The van der Waals surface area contributed by atoms with E-state index < -0.39 is 0 Å². The fourth-order valence-electron chi connectivity index (χ4n) is 2.57. The second-order valence-electron chi connectivity index (χ2n) is 5.48. The molecule has 0 fully saturated rings. The van der Waals surface area contributed by atoms with E-state index >= 15 is 0 Å². The van der Waals surface area contributed by atoms with Crippen LogP contribution >= 0.6 is 11.3 Å². The fourth-order valence-corrected chi connectivity index (χ4v) is 3.57.